The monoisotopic (exact) mass is 276 g/mol. The number of carbonyl (C=O) groups excluding carboxylic acids is 1. The predicted molar refractivity (Wildman–Crippen MR) is 65.2 cm³/mol. The summed E-state index contributed by atoms with van der Waals surface area (Å²) in [6, 6.07) is 6.89. The number of hydrogen-bond acceptors (Lipinski definition) is 3. The Bertz CT molecular complexity index is 422. The van der Waals surface area contributed by atoms with Crippen LogP contribution in [0.3, 0.4) is 0 Å². The first kappa shape index (κ1) is 15.1. The molecule has 0 fully saturated rings. The Morgan fingerprint density at radius 1 is 1.32 bits per heavy atom. The van der Waals surface area contributed by atoms with Gasteiger partial charge in [0.05, 0.1) is 18.8 Å². The van der Waals surface area contributed by atoms with Crippen LogP contribution in [0.2, 0.25) is 0 Å². The molecule has 0 saturated heterocycles. The molecule has 2 N–H and O–H groups in total. The summed E-state index contributed by atoms with van der Waals surface area (Å²) in [5.41, 5.74) is 0.562. The van der Waals surface area contributed by atoms with Gasteiger partial charge in [-0.05, 0) is 19.1 Å². The van der Waals surface area contributed by atoms with E-state index in [4.69, 9.17) is 4.74 Å². The maximum Gasteiger partial charge on any atom is 0.405 e. The number of ether oxygens (including phenoxy) is 1. The molecule has 1 amide bonds. The Labute approximate surface area is 108 Å². The van der Waals surface area contributed by atoms with Crippen LogP contribution in [-0.2, 0) is 4.79 Å². The quantitative estimate of drug-likeness (QED) is 0.837. The van der Waals surface area contributed by atoms with Crippen LogP contribution in [-0.4, -0.2) is 31.8 Å². The number of para-hydroxylation sites is 2. The lowest BCUT2D eigenvalue weighted by atomic mass is 10.3. The minimum atomic E-state index is -4.40. The number of amides is 1. The summed E-state index contributed by atoms with van der Waals surface area (Å²) in [7, 11) is 0. The number of anilines is 1. The lowest BCUT2D eigenvalue weighted by Crippen LogP contribution is -2.37. The fraction of sp³-hybridized carbons (Fsp3) is 0.417. The molecule has 0 saturated carbocycles. The van der Waals surface area contributed by atoms with Gasteiger partial charge in [-0.3, -0.25) is 4.79 Å². The van der Waals surface area contributed by atoms with Gasteiger partial charge in [0.25, 0.3) is 0 Å². The molecule has 0 aliphatic heterocycles. The molecule has 7 heteroatoms. The fourth-order valence-electron chi connectivity index (χ4n) is 1.33. The lowest BCUT2D eigenvalue weighted by Gasteiger charge is -2.12. The van der Waals surface area contributed by atoms with E-state index in [0.717, 1.165) is 0 Å². The van der Waals surface area contributed by atoms with Gasteiger partial charge >= 0.3 is 6.18 Å². The number of alkyl halides is 3. The van der Waals surface area contributed by atoms with Crippen LogP contribution in [0.15, 0.2) is 24.3 Å². The van der Waals surface area contributed by atoms with Gasteiger partial charge in [-0.2, -0.15) is 13.2 Å². The Balaban J connectivity index is 2.46. The first-order valence-corrected chi connectivity index (χ1v) is 5.71. The molecule has 0 heterocycles. The van der Waals surface area contributed by atoms with Crippen LogP contribution in [0.1, 0.15) is 6.92 Å². The van der Waals surface area contributed by atoms with Crippen molar-refractivity contribution in [3.8, 4) is 5.75 Å². The molecule has 1 aromatic rings. The van der Waals surface area contributed by atoms with Gasteiger partial charge < -0.3 is 15.4 Å². The molecular weight excluding hydrogens is 261 g/mol. The number of carbonyl (C=O) groups is 1. The third-order valence-electron chi connectivity index (χ3n) is 2.11. The summed E-state index contributed by atoms with van der Waals surface area (Å²) in [6.07, 6.45) is -4.40. The van der Waals surface area contributed by atoms with Crippen LogP contribution in [0.4, 0.5) is 18.9 Å². The van der Waals surface area contributed by atoms with Gasteiger partial charge in [-0.25, -0.2) is 0 Å². The highest BCUT2D eigenvalue weighted by molar-refractivity contribution is 5.81. The van der Waals surface area contributed by atoms with Gasteiger partial charge in [0.1, 0.15) is 12.3 Å². The minimum absolute atomic E-state index is 0.250. The number of hydrogen-bond donors (Lipinski definition) is 2. The average molecular weight is 276 g/mol. The van der Waals surface area contributed by atoms with E-state index in [9.17, 15) is 18.0 Å². The lowest BCUT2D eigenvalue weighted by molar-refractivity contribution is -0.137. The molecule has 0 radical (unpaired) electrons. The van der Waals surface area contributed by atoms with Crippen LogP contribution >= 0.6 is 0 Å². The molecule has 0 spiro atoms. The van der Waals surface area contributed by atoms with E-state index in [1.54, 1.807) is 29.6 Å². The molecule has 106 valence electrons. The zero-order valence-electron chi connectivity index (χ0n) is 10.4. The Morgan fingerprint density at radius 3 is 2.63 bits per heavy atom. The number of halogens is 3. The van der Waals surface area contributed by atoms with Gasteiger partial charge in [0, 0.05) is 0 Å². The summed E-state index contributed by atoms with van der Waals surface area (Å²) in [5, 5.41) is 4.51. The predicted octanol–water partition coefficient (Wildman–Crippen LogP) is 2.18. The first-order chi connectivity index (χ1) is 8.92. The summed E-state index contributed by atoms with van der Waals surface area (Å²) >= 11 is 0. The van der Waals surface area contributed by atoms with Crippen molar-refractivity contribution in [1.29, 1.82) is 0 Å². The van der Waals surface area contributed by atoms with Crippen LogP contribution < -0.4 is 15.4 Å². The zero-order valence-corrected chi connectivity index (χ0v) is 10.4. The Morgan fingerprint density at radius 2 is 2.00 bits per heavy atom. The van der Waals surface area contributed by atoms with E-state index in [0.29, 0.717) is 18.0 Å². The van der Waals surface area contributed by atoms with E-state index >= 15 is 0 Å². The molecule has 0 unspecified atom stereocenters. The van der Waals surface area contributed by atoms with Crippen molar-refractivity contribution in [2.75, 3.05) is 25.0 Å². The zero-order chi connectivity index (χ0) is 14.3. The smallest absolute Gasteiger partial charge is 0.405 e. The van der Waals surface area contributed by atoms with Gasteiger partial charge in [0.15, 0.2) is 0 Å². The first-order valence-electron chi connectivity index (χ1n) is 5.71. The molecular formula is C12H15F3N2O2. The van der Waals surface area contributed by atoms with Gasteiger partial charge in [0.2, 0.25) is 5.91 Å². The van der Waals surface area contributed by atoms with Crippen LogP contribution in [0.5, 0.6) is 5.75 Å². The molecule has 0 atom stereocenters. The molecule has 0 aliphatic rings. The molecule has 0 bridgehead atoms. The molecule has 19 heavy (non-hydrogen) atoms. The van der Waals surface area contributed by atoms with Gasteiger partial charge in [-0.15, -0.1) is 0 Å². The summed E-state index contributed by atoms with van der Waals surface area (Å²) in [6.45, 7) is 0.687. The van der Waals surface area contributed by atoms with Crippen molar-refractivity contribution >= 4 is 11.6 Å². The highest BCUT2D eigenvalue weighted by atomic mass is 19.4. The van der Waals surface area contributed by atoms with E-state index in [1.165, 1.54) is 0 Å². The molecule has 1 aromatic carbocycles. The minimum Gasteiger partial charge on any atom is -0.492 e. The van der Waals surface area contributed by atoms with E-state index < -0.39 is 18.6 Å². The summed E-state index contributed by atoms with van der Waals surface area (Å²) < 4.78 is 41.0. The topological polar surface area (TPSA) is 50.4 Å². The van der Waals surface area contributed by atoms with Crippen molar-refractivity contribution in [3.63, 3.8) is 0 Å². The van der Waals surface area contributed by atoms with E-state index in [1.807, 2.05) is 6.92 Å². The second-order valence-corrected chi connectivity index (χ2v) is 3.67. The Kier molecular flexibility index (Phi) is 5.47. The van der Waals surface area contributed by atoms with Crippen molar-refractivity contribution in [2.24, 2.45) is 0 Å². The van der Waals surface area contributed by atoms with Crippen molar-refractivity contribution in [2.45, 2.75) is 13.1 Å². The van der Waals surface area contributed by atoms with E-state index in [-0.39, 0.29) is 6.54 Å². The number of rotatable bonds is 6. The van der Waals surface area contributed by atoms with Crippen LogP contribution in [0, 0.1) is 0 Å². The number of benzene rings is 1. The van der Waals surface area contributed by atoms with Crippen molar-refractivity contribution < 1.29 is 22.7 Å². The average Bonchev–Trinajstić information content (AvgIpc) is 2.35. The highest BCUT2D eigenvalue weighted by Gasteiger charge is 2.27. The maximum absolute atomic E-state index is 11.9. The summed E-state index contributed by atoms with van der Waals surface area (Å²) in [4.78, 5) is 11.2. The van der Waals surface area contributed by atoms with E-state index in [2.05, 4.69) is 5.32 Å². The molecule has 0 aromatic heterocycles. The maximum atomic E-state index is 11.9. The highest BCUT2D eigenvalue weighted by Crippen LogP contribution is 2.23. The van der Waals surface area contributed by atoms with Crippen molar-refractivity contribution in [1.82, 2.24) is 5.32 Å². The molecule has 1 rings (SSSR count). The van der Waals surface area contributed by atoms with Crippen molar-refractivity contribution in [3.05, 3.63) is 24.3 Å². The third kappa shape index (κ3) is 5.98. The molecule has 4 nitrogen and oxygen atoms in total. The molecule has 0 aliphatic carbocycles. The second-order valence-electron chi connectivity index (χ2n) is 3.67. The van der Waals surface area contributed by atoms with Gasteiger partial charge in [-0.1, -0.05) is 12.1 Å². The summed E-state index contributed by atoms with van der Waals surface area (Å²) in [5.74, 6) is -0.183. The Hall–Kier alpha value is -1.92. The SMILES string of the molecule is CCOc1ccccc1NCC(=O)NCC(F)(F)F. The van der Waals surface area contributed by atoms with Crippen LogP contribution in [0.25, 0.3) is 0 Å². The largest absolute Gasteiger partial charge is 0.492 e. The standard InChI is InChI=1S/C12H15F3N2O2/c1-2-19-10-6-4-3-5-9(10)16-7-11(18)17-8-12(13,14)15/h3-6,16H,2,7-8H2,1H3,(H,17,18). The normalized spacial score (nSPS) is 10.9. The second kappa shape index (κ2) is 6.86. The fourth-order valence-corrected chi connectivity index (χ4v) is 1.33. The number of nitrogens with one attached hydrogen (secondary N) is 2. The third-order valence-corrected chi connectivity index (χ3v) is 2.11.